The van der Waals surface area contributed by atoms with E-state index in [9.17, 15) is 19.5 Å². The minimum absolute atomic E-state index is 0. The number of thioether (sulfide) groups is 1. The predicted molar refractivity (Wildman–Crippen MR) is 97.8 cm³/mol. The van der Waals surface area contributed by atoms with E-state index in [0.29, 0.717) is 17.1 Å². The zero-order valence-corrected chi connectivity index (χ0v) is 21.4. The second-order valence-electron chi connectivity index (χ2n) is 6.24. The topological polar surface area (TPSA) is 102 Å². The van der Waals surface area contributed by atoms with Gasteiger partial charge in [0.25, 0.3) is 0 Å². The van der Waals surface area contributed by atoms with Gasteiger partial charge in [-0.15, -0.1) is 0 Å². The average Bonchev–Trinajstić information content (AvgIpc) is 2.67. The quantitative estimate of drug-likeness (QED) is 0.334. The normalized spacial score (nSPS) is 14.7. The van der Waals surface area contributed by atoms with E-state index in [0.717, 1.165) is 32.4 Å². The van der Waals surface area contributed by atoms with E-state index in [1.165, 1.54) is 18.0 Å². The Morgan fingerprint density at radius 3 is 2.63 bits per heavy atom. The molecule has 1 N–H and O–H groups in total. The number of nitrogens with one attached hydrogen (secondary N) is 1. The monoisotopic (exact) mass is 463 g/mol. The summed E-state index contributed by atoms with van der Waals surface area (Å²) in [5.74, 6) is 0.455. The fraction of sp³-hybridized carbons (Fsp3) is 0.556. The molecule has 1 unspecified atom stereocenters. The Kier molecular flexibility index (Phi) is 12.7. The second kappa shape index (κ2) is 13.8. The number of aromatic nitrogens is 1. The van der Waals surface area contributed by atoms with Crippen molar-refractivity contribution < 1.29 is 77.7 Å². The van der Waals surface area contributed by atoms with Gasteiger partial charge in [0.05, 0.1) is 0 Å². The maximum absolute atomic E-state index is 12.8. The molecule has 1 fully saturated rings. The van der Waals surface area contributed by atoms with Crippen molar-refractivity contribution in [3.8, 4) is 0 Å². The molecule has 1 aromatic heterocycles. The van der Waals surface area contributed by atoms with Gasteiger partial charge in [-0.05, 0) is 31.4 Å². The molecule has 1 aliphatic heterocycles. The van der Waals surface area contributed by atoms with Crippen molar-refractivity contribution in [1.29, 1.82) is 0 Å². The Morgan fingerprint density at radius 2 is 2.00 bits per heavy atom. The number of carbonyl (C=O) groups excluding carboxylic acids is 3. The minimum Gasteiger partial charge on any atom is -0.530 e. The van der Waals surface area contributed by atoms with Gasteiger partial charge in [0.15, 0.2) is 5.78 Å². The van der Waals surface area contributed by atoms with Gasteiger partial charge in [0.2, 0.25) is 5.91 Å². The van der Waals surface area contributed by atoms with Gasteiger partial charge >= 0.3 is 58.2 Å². The molecule has 2 heterocycles. The van der Waals surface area contributed by atoms with Crippen molar-refractivity contribution >= 4 is 29.5 Å². The first-order valence-corrected chi connectivity index (χ1v) is 9.98. The maximum atomic E-state index is 12.8. The molecular formula is C18H24N3O4RbS. The van der Waals surface area contributed by atoms with Gasteiger partial charge in [-0.25, -0.2) is 0 Å². The summed E-state index contributed by atoms with van der Waals surface area (Å²) in [4.78, 5) is 41.6. The molecule has 0 radical (unpaired) electrons. The molecule has 1 aliphatic rings. The Morgan fingerprint density at radius 1 is 1.26 bits per heavy atom. The number of Topliss-reactive ketones (excluding diaryl/α,β-unsaturated/α-hetero) is 1. The summed E-state index contributed by atoms with van der Waals surface area (Å²) in [6.45, 7) is 1.77. The number of ketones is 1. The minimum atomic E-state index is -1.31. The fourth-order valence-electron chi connectivity index (χ4n) is 2.91. The van der Waals surface area contributed by atoms with Crippen LogP contribution < -0.4 is 68.6 Å². The fourth-order valence-corrected chi connectivity index (χ4v) is 3.87. The van der Waals surface area contributed by atoms with Gasteiger partial charge in [0.1, 0.15) is 6.09 Å². The standard InChI is InChI=1S/C18H25N3O4S.Rb/c22-16(21-8-2-1-3-9-21)11-15(13-26-10-7-20-18(24)25)17(23)14-5-4-6-19-12-14;/h4-6,12,15,20H,1-3,7-11,13H2,(H,24,25);/q;+1/p-1. The van der Waals surface area contributed by atoms with Crippen LogP contribution in [-0.2, 0) is 4.79 Å². The van der Waals surface area contributed by atoms with E-state index >= 15 is 0 Å². The van der Waals surface area contributed by atoms with Crippen LogP contribution in [0.1, 0.15) is 36.0 Å². The molecule has 0 aromatic carbocycles. The van der Waals surface area contributed by atoms with Crippen molar-refractivity contribution in [3.63, 3.8) is 0 Å². The Hall–Kier alpha value is -0.285. The van der Waals surface area contributed by atoms with E-state index < -0.39 is 12.0 Å². The molecule has 27 heavy (non-hydrogen) atoms. The molecule has 0 saturated carbocycles. The largest absolute Gasteiger partial charge is 1.00 e. The van der Waals surface area contributed by atoms with Crippen LogP contribution in [0.15, 0.2) is 24.5 Å². The number of rotatable bonds is 9. The van der Waals surface area contributed by atoms with Gasteiger partial charge < -0.3 is 20.1 Å². The number of piperidine rings is 1. The zero-order valence-electron chi connectivity index (χ0n) is 15.7. The molecule has 2 rings (SSSR count). The summed E-state index contributed by atoms with van der Waals surface area (Å²) >= 11 is 1.45. The summed E-state index contributed by atoms with van der Waals surface area (Å²) in [5, 5.41) is 12.6. The summed E-state index contributed by atoms with van der Waals surface area (Å²) < 4.78 is 0. The van der Waals surface area contributed by atoms with Gasteiger partial charge in [-0.2, -0.15) is 11.8 Å². The number of hydrogen-bond donors (Lipinski definition) is 1. The van der Waals surface area contributed by atoms with Crippen LogP contribution in [0.4, 0.5) is 4.79 Å². The molecular weight excluding hydrogens is 440 g/mol. The summed E-state index contributed by atoms with van der Waals surface area (Å²) in [5.41, 5.74) is 0.498. The molecule has 7 nitrogen and oxygen atoms in total. The molecule has 9 heteroatoms. The SMILES string of the molecule is O=C([O-])NCCSCC(CC(=O)N1CCCCC1)C(=O)c1cccnc1.[Rb+]. The predicted octanol–water partition coefficient (Wildman–Crippen LogP) is -2.05. The number of amides is 2. The number of carbonyl (C=O) groups is 3. The number of hydrogen-bond acceptors (Lipinski definition) is 6. The molecule has 0 spiro atoms. The van der Waals surface area contributed by atoms with Crippen LogP contribution in [0.5, 0.6) is 0 Å². The van der Waals surface area contributed by atoms with Crippen molar-refractivity contribution in [2.75, 3.05) is 31.1 Å². The third-order valence-corrected chi connectivity index (χ3v) is 5.41. The van der Waals surface area contributed by atoms with Crippen LogP contribution in [0, 0.1) is 5.92 Å². The van der Waals surface area contributed by atoms with Crippen LogP contribution in [0.3, 0.4) is 0 Å². The summed E-state index contributed by atoms with van der Waals surface area (Å²) in [6.07, 6.45) is 5.15. The van der Waals surface area contributed by atoms with Gasteiger partial charge in [0, 0.05) is 61.4 Å². The van der Waals surface area contributed by atoms with Crippen molar-refractivity contribution in [2.45, 2.75) is 25.7 Å². The van der Waals surface area contributed by atoms with Crippen LogP contribution >= 0.6 is 11.8 Å². The van der Waals surface area contributed by atoms with Crippen molar-refractivity contribution in [2.24, 2.45) is 5.92 Å². The second-order valence-corrected chi connectivity index (χ2v) is 7.39. The van der Waals surface area contributed by atoms with E-state index in [1.807, 2.05) is 4.90 Å². The average molecular weight is 464 g/mol. The maximum Gasteiger partial charge on any atom is 1.00 e. The Balaban J connectivity index is 0.00000364. The van der Waals surface area contributed by atoms with Crippen LogP contribution in [-0.4, -0.2) is 58.8 Å². The van der Waals surface area contributed by atoms with Crippen LogP contribution in [0.25, 0.3) is 0 Å². The molecule has 0 bridgehead atoms. The molecule has 2 amide bonds. The van der Waals surface area contributed by atoms with Crippen molar-refractivity contribution in [1.82, 2.24) is 15.2 Å². The van der Waals surface area contributed by atoms with E-state index in [2.05, 4.69) is 10.3 Å². The number of pyridine rings is 1. The number of carboxylic acid groups (broad SMARTS) is 1. The first-order chi connectivity index (χ1) is 12.6. The van der Waals surface area contributed by atoms with Crippen molar-refractivity contribution in [3.05, 3.63) is 30.1 Å². The van der Waals surface area contributed by atoms with E-state index in [-0.39, 0.29) is 82.8 Å². The van der Waals surface area contributed by atoms with E-state index in [4.69, 9.17) is 0 Å². The first-order valence-electron chi connectivity index (χ1n) is 8.82. The Bertz CT molecular complexity index is 612. The summed E-state index contributed by atoms with van der Waals surface area (Å²) in [6, 6.07) is 3.41. The summed E-state index contributed by atoms with van der Waals surface area (Å²) in [7, 11) is 0. The number of nitrogens with zero attached hydrogens (tertiary/aromatic N) is 2. The smallest absolute Gasteiger partial charge is 0.530 e. The first kappa shape index (κ1) is 24.8. The van der Waals surface area contributed by atoms with Crippen LogP contribution in [0.2, 0.25) is 0 Å². The Labute approximate surface area is 212 Å². The van der Waals surface area contributed by atoms with Gasteiger partial charge in [-0.1, -0.05) is 0 Å². The molecule has 0 aliphatic carbocycles. The third kappa shape index (κ3) is 9.17. The zero-order chi connectivity index (χ0) is 18.8. The van der Waals surface area contributed by atoms with E-state index in [1.54, 1.807) is 18.3 Å². The molecule has 142 valence electrons. The third-order valence-electron chi connectivity index (χ3n) is 4.28. The number of likely N-dealkylation sites (tertiary alicyclic amines) is 1. The molecule has 1 aromatic rings. The molecule has 1 atom stereocenters. The van der Waals surface area contributed by atoms with Gasteiger partial charge in [-0.3, -0.25) is 14.6 Å². The molecule has 1 saturated heterocycles.